The van der Waals surface area contributed by atoms with E-state index in [-0.39, 0.29) is 5.91 Å². The molecule has 1 amide bonds. The average molecular weight is 378 g/mol. The van der Waals surface area contributed by atoms with Gasteiger partial charge < -0.3 is 10.1 Å². The zero-order chi connectivity index (χ0) is 18.8. The molecular formula is C20H28ClN3O2. The number of alkyl halides is 1. The Morgan fingerprint density at radius 1 is 1.19 bits per heavy atom. The smallest absolute Gasteiger partial charge is 0.269 e. The fourth-order valence-corrected chi connectivity index (χ4v) is 2.95. The Labute approximate surface area is 160 Å². The lowest BCUT2D eigenvalue weighted by Crippen LogP contribution is -2.25. The summed E-state index contributed by atoms with van der Waals surface area (Å²) >= 11 is 5.67. The predicted molar refractivity (Wildman–Crippen MR) is 105 cm³/mol. The highest BCUT2D eigenvalue weighted by Gasteiger charge is 2.11. The van der Waals surface area contributed by atoms with E-state index in [1.54, 1.807) is 17.8 Å². The quantitative estimate of drug-likeness (QED) is 0.471. The van der Waals surface area contributed by atoms with Crippen molar-refractivity contribution in [1.82, 2.24) is 15.1 Å². The van der Waals surface area contributed by atoms with E-state index in [9.17, 15) is 4.79 Å². The van der Waals surface area contributed by atoms with Gasteiger partial charge in [0, 0.05) is 19.5 Å². The van der Waals surface area contributed by atoms with Crippen LogP contribution in [0.15, 0.2) is 30.3 Å². The summed E-state index contributed by atoms with van der Waals surface area (Å²) in [5, 5.41) is 7.12. The minimum absolute atomic E-state index is 0.128. The summed E-state index contributed by atoms with van der Waals surface area (Å²) in [6.07, 6.45) is 5.69. The van der Waals surface area contributed by atoms with Crippen LogP contribution in [-0.4, -0.2) is 28.2 Å². The Bertz CT molecular complexity index is 700. The van der Waals surface area contributed by atoms with E-state index in [0.717, 1.165) is 42.1 Å². The largest absolute Gasteiger partial charge is 0.494 e. The molecule has 1 aromatic heterocycles. The highest BCUT2D eigenvalue weighted by atomic mass is 35.5. The summed E-state index contributed by atoms with van der Waals surface area (Å²) in [7, 11) is 1.77. The topological polar surface area (TPSA) is 56.1 Å². The first-order valence-electron chi connectivity index (χ1n) is 9.16. The normalized spacial score (nSPS) is 10.7. The van der Waals surface area contributed by atoms with Gasteiger partial charge in [-0.1, -0.05) is 31.4 Å². The highest BCUT2D eigenvalue weighted by Crippen LogP contribution is 2.14. The maximum absolute atomic E-state index is 12.2. The number of nitrogens with one attached hydrogen (secondary N) is 1. The SMILES string of the molecule is Cc1cc(C(=O)NCc2cccc(OCCCCCCCCl)c2)n(C)n1. The van der Waals surface area contributed by atoms with Gasteiger partial charge in [0.25, 0.3) is 5.91 Å². The first-order chi connectivity index (χ1) is 12.6. The summed E-state index contributed by atoms with van der Waals surface area (Å²) < 4.78 is 7.41. The predicted octanol–water partition coefficient (Wildman–Crippen LogP) is 4.23. The monoisotopic (exact) mass is 377 g/mol. The second-order valence-corrected chi connectivity index (χ2v) is 6.81. The Balaban J connectivity index is 1.74. The van der Waals surface area contributed by atoms with E-state index in [4.69, 9.17) is 16.3 Å². The van der Waals surface area contributed by atoms with Crippen LogP contribution >= 0.6 is 11.6 Å². The fraction of sp³-hybridized carbons (Fsp3) is 0.500. The van der Waals surface area contributed by atoms with Crippen molar-refractivity contribution >= 4 is 17.5 Å². The lowest BCUT2D eigenvalue weighted by Gasteiger charge is -2.09. The Morgan fingerprint density at radius 2 is 1.96 bits per heavy atom. The molecule has 2 rings (SSSR count). The molecule has 0 spiro atoms. The summed E-state index contributed by atoms with van der Waals surface area (Å²) in [6, 6.07) is 9.63. The van der Waals surface area contributed by atoms with Gasteiger partial charge in [-0.05, 0) is 43.5 Å². The second-order valence-electron chi connectivity index (χ2n) is 6.43. The van der Waals surface area contributed by atoms with Gasteiger partial charge >= 0.3 is 0 Å². The number of hydrogen-bond donors (Lipinski definition) is 1. The number of aryl methyl sites for hydroxylation is 2. The molecule has 0 fully saturated rings. The second kappa shape index (κ2) is 10.9. The number of halogens is 1. The molecule has 2 aromatic rings. The van der Waals surface area contributed by atoms with E-state index >= 15 is 0 Å². The van der Waals surface area contributed by atoms with Gasteiger partial charge in [-0.25, -0.2) is 0 Å². The van der Waals surface area contributed by atoms with Crippen molar-refractivity contribution in [3.05, 3.63) is 47.3 Å². The number of carbonyl (C=O) groups is 1. The van der Waals surface area contributed by atoms with Crippen molar-refractivity contribution in [1.29, 1.82) is 0 Å². The van der Waals surface area contributed by atoms with Gasteiger partial charge in [-0.2, -0.15) is 5.10 Å². The molecule has 26 heavy (non-hydrogen) atoms. The maximum Gasteiger partial charge on any atom is 0.269 e. The summed E-state index contributed by atoms with van der Waals surface area (Å²) in [5.41, 5.74) is 2.40. The van der Waals surface area contributed by atoms with Crippen molar-refractivity contribution < 1.29 is 9.53 Å². The Hall–Kier alpha value is -2.01. The standard InChI is InChI=1S/C20H28ClN3O2/c1-16-13-19(24(2)23-16)20(25)22-15-17-9-8-10-18(14-17)26-12-7-5-3-4-6-11-21/h8-10,13-14H,3-7,11-12,15H2,1-2H3,(H,22,25). The fourth-order valence-electron chi connectivity index (χ4n) is 2.76. The summed E-state index contributed by atoms with van der Waals surface area (Å²) in [5.74, 6) is 1.46. The van der Waals surface area contributed by atoms with Crippen LogP contribution in [0.3, 0.4) is 0 Å². The lowest BCUT2D eigenvalue weighted by atomic mass is 10.1. The molecule has 0 unspecified atom stereocenters. The van der Waals surface area contributed by atoms with E-state index in [1.165, 1.54) is 12.8 Å². The molecule has 1 heterocycles. The number of nitrogens with zero attached hydrogens (tertiary/aromatic N) is 2. The van der Waals surface area contributed by atoms with Crippen molar-refractivity contribution in [3.8, 4) is 5.75 Å². The molecule has 1 N–H and O–H groups in total. The molecule has 1 aromatic carbocycles. The minimum atomic E-state index is -0.128. The molecule has 5 nitrogen and oxygen atoms in total. The number of amides is 1. The van der Waals surface area contributed by atoms with Crippen molar-refractivity contribution in [2.24, 2.45) is 7.05 Å². The van der Waals surface area contributed by atoms with Crippen LogP contribution in [0.5, 0.6) is 5.75 Å². The number of unbranched alkanes of at least 4 members (excludes halogenated alkanes) is 4. The molecular weight excluding hydrogens is 350 g/mol. The number of rotatable bonds is 11. The van der Waals surface area contributed by atoms with E-state index in [0.29, 0.717) is 18.8 Å². The maximum atomic E-state index is 12.2. The van der Waals surface area contributed by atoms with Crippen LogP contribution in [0, 0.1) is 6.92 Å². The van der Waals surface area contributed by atoms with Crippen LogP contribution in [0.1, 0.15) is 53.8 Å². The first kappa shape index (κ1) is 20.3. The van der Waals surface area contributed by atoms with Crippen LogP contribution in [0.4, 0.5) is 0 Å². The molecule has 142 valence electrons. The van der Waals surface area contributed by atoms with Gasteiger partial charge in [0.15, 0.2) is 0 Å². The van der Waals surface area contributed by atoms with E-state index in [2.05, 4.69) is 10.4 Å². The van der Waals surface area contributed by atoms with E-state index < -0.39 is 0 Å². The Kier molecular flexibility index (Phi) is 8.48. The average Bonchev–Trinajstić information content (AvgIpc) is 2.97. The molecule has 0 aliphatic heterocycles. The molecule has 0 radical (unpaired) electrons. The molecule has 0 saturated heterocycles. The highest BCUT2D eigenvalue weighted by molar-refractivity contribution is 6.17. The van der Waals surface area contributed by atoms with Crippen molar-refractivity contribution in [2.75, 3.05) is 12.5 Å². The van der Waals surface area contributed by atoms with Crippen molar-refractivity contribution in [2.45, 2.75) is 45.6 Å². The molecule has 0 bridgehead atoms. The third kappa shape index (κ3) is 6.71. The molecule has 0 saturated carbocycles. The van der Waals surface area contributed by atoms with E-state index in [1.807, 2.05) is 31.2 Å². The van der Waals surface area contributed by atoms with Gasteiger partial charge in [-0.3, -0.25) is 9.48 Å². The summed E-state index contributed by atoms with van der Waals surface area (Å²) in [6.45, 7) is 3.04. The molecule has 0 aliphatic carbocycles. The van der Waals surface area contributed by atoms with Gasteiger partial charge in [0.05, 0.1) is 12.3 Å². The number of carbonyl (C=O) groups excluding carboxylic acids is 1. The van der Waals surface area contributed by atoms with Crippen LogP contribution in [0.2, 0.25) is 0 Å². The van der Waals surface area contributed by atoms with Crippen LogP contribution < -0.4 is 10.1 Å². The van der Waals surface area contributed by atoms with Gasteiger partial charge in [-0.15, -0.1) is 11.6 Å². The minimum Gasteiger partial charge on any atom is -0.494 e. The summed E-state index contributed by atoms with van der Waals surface area (Å²) in [4.78, 5) is 12.2. The number of ether oxygens (including phenoxy) is 1. The molecule has 6 heteroatoms. The molecule has 0 aliphatic rings. The zero-order valence-corrected chi connectivity index (χ0v) is 16.4. The number of benzene rings is 1. The molecule has 0 atom stereocenters. The van der Waals surface area contributed by atoms with Crippen LogP contribution in [0.25, 0.3) is 0 Å². The lowest BCUT2D eigenvalue weighted by molar-refractivity contribution is 0.0941. The van der Waals surface area contributed by atoms with Gasteiger partial charge in [0.1, 0.15) is 11.4 Å². The third-order valence-corrected chi connectivity index (χ3v) is 4.40. The van der Waals surface area contributed by atoms with Crippen LogP contribution in [-0.2, 0) is 13.6 Å². The first-order valence-corrected chi connectivity index (χ1v) is 9.70. The zero-order valence-electron chi connectivity index (χ0n) is 15.6. The Morgan fingerprint density at radius 3 is 2.69 bits per heavy atom. The number of hydrogen-bond acceptors (Lipinski definition) is 3. The third-order valence-electron chi connectivity index (χ3n) is 4.13. The van der Waals surface area contributed by atoms with Crippen molar-refractivity contribution in [3.63, 3.8) is 0 Å². The van der Waals surface area contributed by atoms with Gasteiger partial charge in [0.2, 0.25) is 0 Å². The number of aromatic nitrogens is 2.